The molecular formula is C50H33N3O2. The van der Waals surface area contributed by atoms with E-state index in [9.17, 15) is 0 Å². The van der Waals surface area contributed by atoms with Crippen molar-refractivity contribution in [1.29, 1.82) is 0 Å². The summed E-state index contributed by atoms with van der Waals surface area (Å²) in [6.07, 6.45) is 1.90. The Morgan fingerprint density at radius 3 is 1.95 bits per heavy atom. The molecule has 260 valence electrons. The molecule has 0 bridgehead atoms. The molecule has 1 atom stereocenters. The van der Waals surface area contributed by atoms with Gasteiger partial charge in [0.1, 0.15) is 11.7 Å². The number of benzene rings is 8. The summed E-state index contributed by atoms with van der Waals surface area (Å²) in [5, 5.41) is 8.20. The van der Waals surface area contributed by atoms with Gasteiger partial charge in [0, 0.05) is 22.2 Å². The number of nitrogens with one attached hydrogen (secondary N) is 1. The summed E-state index contributed by atoms with van der Waals surface area (Å²) in [5.41, 5.74) is 10.7. The number of fused-ring (bicyclic) bond motifs is 7. The number of hydrogen-bond acceptors (Lipinski definition) is 4. The van der Waals surface area contributed by atoms with Crippen molar-refractivity contribution in [3.05, 3.63) is 205 Å². The van der Waals surface area contributed by atoms with E-state index >= 15 is 0 Å². The molecule has 0 radical (unpaired) electrons. The molecule has 1 N–H and O–H groups in total. The van der Waals surface area contributed by atoms with E-state index in [0.717, 1.165) is 83.2 Å². The summed E-state index contributed by atoms with van der Waals surface area (Å²) in [6, 6.07) is 63.4. The number of allylic oxidation sites excluding steroid dienone is 1. The second kappa shape index (κ2) is 12.6. The van der Waals surface area contributed by atoms with Gasteiger partial charge in [0.25, 0.3) is 0 Å². The number of para-hydroxylation sites is 1. The molecule has 0 fully saturated rings. The Bertz CT molecular complexity index is 3000. The van der Waals surface area contributed by atoms with Crippen LogP contribution in [0.15, 0.2) is 193 Å². The zero-order valence-corrected chi connectivity index (χ0v) is 29.7. The first-order valence-corrected chi connectivity index (χ1v) is 18.6. The number of rotatable bonds is 5. The van der Waals surface area contributed by atoms with Gasteiger partial charge < -0.3 is 19.4 Å². The molecule has 5 heteroatoms. The smallest absolute Gasteiger partial charge is 0.194 e. The van der Waals surface area contributed by atoms with Crippen molar-refractivity contribution in [1.82, 2.24) is 9.88 Å². The highest BCUT2D eigenvalue weighted by Gasteiger charge is 2.26. The van der Waals surface area contributed by atoms with Gasteiger partial charge in [0.15, 0.2) is 23.0 Å². The van der Waals surface area contributed by atoms with Gasteiger partial charge in [-0.15, -0.1) is 0 Å². The van der Waals surface area contributed by atoms with Crippen molar-refractivity contribution in [2.24, 2.45) is 4.99 Å². The van der Waals surface area contributed by atoms with E-state index in [1.165, 1.54) is 0 Å². The largest absolute Gasteiger partial charge is 0.449 e. The van der Waals surface area contributed by atoms with Crippen LogP contribution in [0.25, 0.3) is 55.1 Å². The quantitative estimate of drug-likeness (QED) is 0.194. The third kappa shape index (κ3) is 5.36. The molecule has 0 saturated heterocycles. The first kappa shape index (κ1) is 31.2. The Morgan fingerprint density at radius 1 is 0.491 bits per heavy atom. The van der Waals surface area contributed by atoms with Crippen molar-refractivity contribution in [2.75, 3.05) is 0 Å². The lowest BCUT2D eigenvalue weighted by atomic mass is 9.99. The molecule has 3 heterocycles. The maximum atomic E-state index is 6.76. The summed E-state index contributed by atoms with van der Waals surface area (Å²) in [4.78, 5) is 5.21. The van der Waals surface area contributed by atoms with Gasteiger partial charge in [-0.1, -0.05) is 133 Å². The van der Waals surface area contributed by atoms with Gasteiger partial charge in [-0.05, 0) is 93.2 Å². The number of aromatic nitrogens is 1. The van der Waals surface area contributed by atoms with Crippen molar-refractivity contribution in [3.8, 4) is 39.8 Å². The first-order valence-electron chi connectivity index (χ1n) is 18.6. The van der Waals surface area contributed by atoms with Crippen LogP contribution in [-0.2, 0) is 0 Å². The Hall–Kier alpha value is -7.37. The third-order valence-electron chi connectivity index (χ3n) is 10.7. The maximum Gasteiger partial charge on any atom is 0.194 e. The van der Waals surface area contributed by atoms with Gasteiger partial charge >= 0.3 is 0 Å². The molecule has 5 nitrogen and oxygen atoms in total. The molecule has 11 rings (SSSR count). The van der Waals surface area contributed by atoms with E-state index in [2.05, 4.69) is 168 Å². The molecule has 55 heavy (non-hydrogen) atoms. The average molecular weight is 708 g/mol. The van der Waals surface area contributed by atoms with Gasteiger partial charge in [0.2, 0.25) is 0 Å². The van der Waals surface area contributed by atoms with E-state index in [1.54, 1.807) is 0 Å². The van der Waals surface area contributed by atoms with Gasteiger partial charge in [-0.3, -0.25) is 4.99 Å². The Labute approximate surface area is 318 Å². The lowest BCUT2D eigenvalue weighted by Crippen LogP contribution is -2.24. The van der Waals surface area contributed by atoms with Gasteiger partial charge in [-0.25, -0.2) is 0 Å². The average Bonchev–Trinajstić information content (AvgIpc) is 3.60. The fourth-order valence-corrected chi connectivity index (χ4v) is 7.98. The monoisotopic (exact) mass is 707 g/mol. The zero-order chi connectivity index (χ0) is 36.3. The second-order valence-corrected chi connectivity index (χ2v) is 14.0. The third-order valence-corrected chi connectivity index (χ3v) is 10.7. The van der Waals surface area contributed by atoms with Crippen LogP contribution in [-0.4, -0.2) is 10.3 Å². The molecule has 2 aliphatic rings. The van der Waals surface area contributed by atoms with E-state index in [-0.39, 0.29) is 6.17 Å². The second-order valence-electron chi connectivity index (χ2n) is 14.0. The van der Waals surface area contributed by atoms with Gasteiger partial charge in [0.05, 0.1) is 11.2 Å². The van der Waals surface area contributed by atoms with E-state index in [0.29, 0.717) is 17.2 Å². The summed E-state index contributed by atoms with van der Waals surface area (Å²) in [7, 11) is 0. The molecule has 1 aromatic heterocycles. The normalized spacial score (nSPS) is 14.7. The Morgan fingerprint density at radius 2 is 1.16 bits per heavy atom. The number of nitrogens with zero attached hydrogens (tertiary/aromatic N) is 2. The number of ether oxygens (including phenoxy) is 2. The first-order chi connectivity index (χ1) is 27.2. The Balaban J connectivity index is 0.972. The van der Waals surface area contributed by atoms with Crippen LogP contribution in [0.4, 0.5) is 0 Å². The van der Waals surface area contributed by atoms with Crippen LogP contribution in [0, 0.1) is 0 Å². The van der Waals surface area contributed by atoms with Crippen LogP contribution in [0.5, 0.6) is 23.0 Å². The Kier molecular flexibility index (Phi) is 7.17. The summed E-state index contributed by atoms with van der Waals surface area (Å²) in [6.45, 7) is 0. The van der Waals surface area contributed by atoms with Crippen LogP contribution < -0.4 is 14.8 Å². The standard InChI is InChI=1S/C50H33N3O2/c1-3-12-33(13-4-1)42-31-43(34-14-5-2-6-15-34)52-50(51-42)38-19-11-18-35(28-38)32-22-24-39(25-23-32)53-44-21-10-9-20-40(44)41-26-27-45-49(48(41)53)55-47-30-37-17-8-7-16-36(37)29-46(47)54-45/h1-31,50-51H. The van der Waals surface area contributed by atoms with Crippen LogP contribution >= 0.6 is 0 Å². The lowest BCUT2D eigenvalue weighted by molar-refractivity contribution is 0.363. The maximum absolute atomic E-state index is 6.76. The van der Waals surface area contributed by atoms with E-state index in [4.69, 9.17) is 14.5 Å². The van der Waals surface area contributed by atoms with Crippen LogP contribution in [0.1, 0.15) is 22.9 Å². The minimum atomic E-state index is -0.247. The van der Waals surface area contributed by atoms with Gasteiger partial charge in [-0.2, -0.15) is 0 Å². The summed E-state index contributed by atoms with van der Waals surface area (Å²) in [5.74, 6) is 2.85. The number of aliphatic imine (C=N–C) groups is 1. The topological polar surface area (TPSA) is 47.8 Å². The van der Waals surface area contributed by atoms with Crippen molar-refractivity contribution in [2.45, 2.75) is 6.17 Å². The van der Waals surface area contributed by atoms with Crippen molar-refractivity contribution in [3.63, 3.8) is 0 Å². The molecular weight excluding hydrogens is 675 g/mol. The summed E-state index contributed by atoms with van der Waals surface area (Å²) >= 11 is 0. The summed E-state index contributed by atoms with van der Waals surface area (Å²) < 4.78 is 15.6. The molecule has 0 spiro atoms. The fraction of sp³-hybridized carbons (Fsp3) is 0.0200. The van der Waals surface area contributed by atoms with E-state index in [1.807, 2.05) is 30.3 Å². The fourth-order valence-electron chi connectivity index (χ4n) is 7.98. The predicted octanol–water partition coefficient (Wildman–Crippen LogP) is 12.6. The number of hydrogen-bond donors (Lipinski definition) is 1. The molecule has 1 unspecified atom stereocenters. The van der Waals surface area contributed by atoms with Crippen molar-refractivity contribution >= 4 is 44.0 Å². The highest BCUT2D eigenvalue weighted by molar-refractivity contribution is 6.13. The lowest BCUT2D eigenvalue weighted by Gasteiger charge is -2.25. The van der Waals surface area contributed by atoms with Crippen molar-refractivity contribution < 1.29 is 9.47 Å². The molecule has 0 aliphatic carbocycles. The van der Waals surface area contributed by atoms with E-state index < -0.39 is 0 Å². The highest BCUT2D eigenvalue weighted by atomic mass is 16.6. The molecule has 2 aliphatic heterocycles. The molecule has 0 saturated carbocycles. The zero-order valence-electron chi connectivity index (χ0n) is 29.7. The SMILES string of the molecule is C1=C(c2ccccc2)NC(c2cccc(-c3ccc(-n4c5ccccc5c5ccc6c(c54)Oc4cc5ccccc5cc4O6)cc3)c2)N=C1c1ccccc1. The predicted molar refractivity (Wildman–Crippen MR) is 224 cm³/mol. The van der Waals surface area contributed by atoms with Crippen LogP contribution in [0.2, 0.25) is 0 Å². The minimum absolute atomic E-state index is 0.247. The minimum Gasteiger partial charge on any atom is -0.449 e. The molecule has 0 amide bonds. The van der Waals surface area contributed by atoms with Crippen LogP contribution in [0.3, 0.4) is 0 Å². The molecule has 9 aromatic rings. The highest BCUT2D eigenvalue weighted by Crippen LogP contribution is 2.51. The molecule has 8 aromatic carbocycles.